The number of amides is 2. The predicted molar refractivity (Wildman–Crippen MR) is 100 cm³/mol. The fourth-order valence-electron chi connectivity index (χ4n) is 2.46. The fraction of sp³-hybridized carbons (Fsp3) is 0.333. The number of aryl methyl sites for hydroxylation is 2. The molecule has 1 aliphatic rings. The molecule has 0 fully saturated rings. The topological polar surface area (TPSA) is 106 Å². The van der Waals surface area contributed by atoms with E-state index in [1.165, 1.54) is 17.3 Å². The molecule has 0 unspecified atom stereocenters. The van der Waals surface area contributed by atoms with Gasteiger partial charge in [0.25, 0.3) is 5.22 Å². The van der Waals surface area contributed by atoms with E-state index in [9.17, 15) is 9.59 Å². The van der Waals surface area contributed by atoms with Crippen molar-refractivity contribution in [3.05, 3.63) is 40.6 Å². The second-order valence-corrected chi connectivity index (χ2v) is 6.87. The first kappa shape index (κ1) is 19.0. The molecule has 0 atom stereocenters. The van der Waals surface area contributed by atoms with Crippen molar-refractivity contribution in [3.63, 3.8) is 0 Å². The Hall–Kier alpha value is -2.81. The van der Waals surface area contributed by atoms with E-state index in [-0.39, 0.29) is 19.2 Å². The summed E-state index contributed by atoms with van der Waals surface area (Å²) in [5.41, 5.74) is 4.04. The molecule has 2 aromatic rings. The number of hydrogen-bond acceptors (Lipinski definition) is 7. The summed E-state index contributed by atoms with van der Waals surface area (Å²) in [5.74, 6) is 0.271. The lowest BCUT2D eigenvalue weighted by molar-refractivity contribution is -0.138. The van der Waals surface area contributed by atoms with Crippen molar-refractivity contribution in [2.75, 3.05) is 18.9 Å². The molecule has 1 aromatic heterocycles. The van der Waals surface area contributed by atoms with Crippen LogP contribution in [0.4, 0.5) is 4.79 Å². The largest absolute Gasteiger partial charge is 0.463 e. The average molecular weight is 388 g/mol. The first-order valence-electron chi connectivity index (χ1n) is 8.46. The van der Waals surface area contributed by atoms with Crippen molar-refractivity contribution in [2.24, 2.45) is 0 Å². The lowest BCUT2D eigenvalue weighted by atomic mass is 10.1. The molecular weight excluding hydrogens is 368 g/mol. The summed E-state index contributed by atoms with van der Waals surface area (Å²) in [6, 6.07) is 5.56. The van der Waals surface area contributed by atoms with Crippen LogP contribution in [0.1, 0.15) is 18.1 Å². The lowest BCUT2D eigenvalue weighted by Gasteiger charge is -2.20. The normalized spacial score (nSPS) is 14.0. The van der Waals surface area contributed by atoms with Gasteiger partial charge in [0.05, 0.1) is 18.7 Å². The van der Waals surface area contributed by atoms with Crippen molar-refractivity contribution in [2.45, 2.75) is 26.0 Å². The average Bonchev–Trinajstić information content (AvgIpc) is 3.11. The molecule has 2 amide bonds. The quantitative estimate of drug-likeness (QED) is 0.578. The maximum Gasteiger partial charge on any atom is 0.337 e. The molecule has 0 bridgehead atoms. The van der Waals surface area contributed by atoms with Crippen LogP contribution in [0.2, 0.25) is 0 Å². The van der Waals surface area contributed by atoms with Crippen LogP contribution in [-0.4, -0.2) is 41.1 Å². The Morgan fingerprint density at radius 1 is 1.30 bits per heavy atom. The van der Waals surface area contributed by atoms with Crippen molar-refractivity contribution in [1.29, 1.82) is 0 Å². The van der Waals surface area contributed by atoms with E-state index < -0.39 is 5.97 Å². The Kier molecular flexibility index (Phi) is 5.80. The van der Waals surface area contributed by atoms with Gasteiger partial charge in [-0.25, -0.2) is 9.59 Å². The summed E-state index contributed by atoms with van der Waals surface area (Å²) in [6.07, 6.45) is 0. The van der Waals surface area contributed by atoms with Crippen molar-refractivity contribution < 1.29 is 18.7 Å². The van der Waals surface area contributed by atoms with E-state index in [0.717, 1.165) is 11.1 Å². The summed E-state index contributed by atoms with van der Waals surface area (Å²) in [6.45, 7) is 6.18. The zero-order valence-corrected chi connectivity index (χ0v) is 16.1. The molecule has 8 nitrogen and oxygen atoms in total. The van der Waals surface area contributed by atoms with Gasteiger partial charge in [0, 0.05) is 17.0 Å². The number of ether oxygens (including phenoxy) is 1. The molecule has 1 aromatic carbocycles. The standard InChI is InChI=1S/C18H20N4O4S/c1-4-25-16(23)13-8-19-17(24)20-14(13)9-27-18-22-21-15(26-18)12-6-5-10(2)11(3)7-12/h5-7H,4,8-9H2,1-3H3,(H2,19,20,24). The molecule has 1 aliphatic heterocycles. The summed E-state index contributed by atoms with van der Waals surface area (Å²) in [7, 11) is 0. The number of benzene rings is 1. The highest BCUT2D eigenvalue weighted by molar-refractivity contribution is 7.99. The number of esters is 1. The van der Waals surface area contributed by atoms with Gasteiger partial charge in [-0.3, -0.25) is 0 Å². The monoisotopic (exact) mass is 388 g/mol. The van der Waals surface area contributed by atoms with Crippen molar-refractivity contribution in [1.82, 2.24) is 20.8 Å². The van der Waals surface area contributed by atoms with Crippen LogP contribution < -0.4 is 10.6 Å². The Balaban J connectivity index is 1.73. The minimum atomic E-state index is -0.457. The predicted octanol–water partition coefficient (Wildman–Crippen LogP) is 2.58. The zero-order valence-electron chi connectivity index (χ0n) is 15.3. The highest BCUT2D eigenvalue weighted by Gasteiger charge is 2.24. The summed E-state index contributed by atoms with van der Waals surface area (Å²) in [4.78, 5) is 23.6. The maximum atomic E-state index is 12.0. The smallest absolute Gasteiger partial charge is 0.337 e. The van der Waals surface area contributed by atoms with Crippen LogP contribution in [0.5, 0.6) is 0 Å². The van der Waals surface area contributed by atoms with E-state index >= 15 is 0 Å². The Labute approximate surface area is 160 Å². The van der Waals surface area contributed by atoms with E-state index in [0.29, 0.717) is 28.1 Å². The fourth-order valence-corrected chi connectivity index (χ4v) is 3.21. The number of urea groups is 1. The third-order valence-electron chi connectivity index (χ3n) is 4.08. The molecule has 142 valence electrons. The molecule has 2 heterocycles. The first-order valence-corrected chi connectivity index (χ1v) is 9.44. The first-order chi connectivity index (χ1) is 13.0. The number of rotatable bonds is 6. The van der Waals surface area contributed by atoms with Crippen LogP contribution in [0.25, 0.3) is 11.5 Å². The molecule has 0 aliphatic carbocycles. The number of carbonyl (C=O) groups is 2. The molecule has 0 saturated carbocycles. The van der Waals surface area contributed by atoms with Gasteiger partial charge in [-0.05, 0) is 44.0 Å². The number of nitrogens with zero attached hydrogens (tertiary/aromatic N) is 2. The Morgan fingerprint density at radius 3 is 2.85 bits per heavy atom. The Bertz CT molecular complexity index is 907. The zero-order chi connectivity index (χ0) is 19.4. The van der Waals surface area contributed by atoms with E-state index in [4.69, 9.17) is 9.15 Å². The van der Waals surface area contributed by atoms with Gasteiger partial charge in [-0.1, -0.05) is 17.8 Å². The van der Waals surface area contributed by atoms with Crippen LogP contribution in [0.3, 0.4) is 0 Å². The molecular formula is C18H20N4O4S. The molecule has 0 spiro atoms. The molecule has 27 heavy (non-hydrogen) atoms. The van der Waals surface area contributed by atoms with Gasteiger partial charge in [0.1, 0.15) is 0 Å². The van der Waals surface area contributed by atoms with Crippen molar-refractivity contribution in [3.8, 4) is 11.5 Å². The molecule has 3 rings (SSSR count). The molecule has 0 radical (unpaired) electrons. The van der Waals surface area contributed by atoms with Gasteiger partial charge in [0.2, 0.25) is 5.89 Å². The molecule has 2 N–H and O–H groups in total. The van der Waals surface area contributed by atoms with Gasteiger partial charge in [0.15, 0.2) is 0 Å². The summed E-state index contributed by atoms with van der Waals surface area (Å²) >= 11 is 1.24. The number of carbonyl (C=O) groups excluding carboxylic acids is 2. The van der Waals surface area contributed by atoms with Gasteiger partial charge >= 0.3 is 12.0 Å². The van der Waals surface area contributed by atoms with E-state index in [1.807, 2.05) is 32.0 Å². The minimum absolute atomic E-state index is 0.123. The summed E-state index contributed by atoms with van der Waals surface area (Å²) < 4.78 is 10.7. The van der Waals surface area contributed by atoms with Gasteiger partial charge in [-0.15, -0.1) is 10.2 Å². The molecule has 9 heteroatoms. The Morgan fingerprint density at radius 2 is 2.11 bits per heavy atom. The van der Waals surface area contributed by atoms with Crippen LogP contribution in [-0.2, 0) is 9.53 Å². The second-order valence-electron chi connectivity index (χ2n) is 5.95. The molecule has 0 saturated heterocycles. The number of hydrogen-bond donors (Lipinski definition) is 2. The SMILES string of the molecule is CCOC(=O)C1=C(CSc2nnc(-c3ccc(C)c(C)c3)o2)NC(=O)NC1. The van der Waals surface area contributed by atoms with Crippen LogP contribution >= 0.6 is 11.8 Å². The van der Waals surface area contributed by atoms with E-state index in [1.54, 1.807) is 6.92 Å². The van der Waals surface area contributed by atoms with Gasteiger partial charge < -0.3 is 19.8 Å². The van der Waals surface area contributed by atoms with E-state index in [2.05, 4.69) is 20.8 Å². The van der Waals surface area contributed by atoms with Crippen LogP contribution in [0.15, 0.2) is 39.1 Å². The minimum Gasteiger partial charge on any atom is -0.463 e. The van der Waals surface area contributed by atoms with Gasteiger partial charge in [-0.2, -0.15) is 0 Å². The lowest BCUT2D eigenvalue weighted by Crippen LogP contribution is -2.44. The number of thioether (sulfide) groups is 1. The number of nitrogens with one attached hydrogen (secondary N) is 2. The maximum absolute atomic E-state index is 12.0. The highest BCUT2D eigenvalue weighted by atomic mass is 32.2. The van der Waals surface area contributed by atoms with Crippen LogP contribution in [0, 0.1) is 13.8 Å². The highest BCUT2D eigenvalue weighted by Crippen LogP contribution is 2.26. The third-order valence-corrected chi connectivity index (χ3v) is 4.92. The number of aromatic nitrogens is 2. The van der Waals surface area contributed by atoms with Crippen molar-refractivity contribution >= 4 is 23.8 Å². The summed E-state index contributed by atoms with van der Waals surface area (Å²) in [5, 5.41) is 13.7. The third kappa shape index (κ3) is 4.48. The second kappa shape index (κ2) is 8.26.